The first-order valence-electron chi connectivity index (χ1n) is 11.1. The Hall–Kier alpha value is -3.52. The number of aliphatic hydroxyl groups excluding tert-OH is 1. The number of hydrogen-bond donors (Lipinski definition) is 1. The number of ether oxygens (including phenoxy) is 4. The quantitative estimate of drug-likeness (QED) is 0.321. The van der Waals surface area contributed by atoms with Crippen molar-refractivity contribution in [1.82, 2.24) is 4.90 Å². The highest BCUT2D eigenvalue weighted by atomic mass is 16.5. The van der Waals surface area contributed by atoms with Gasteiger partial charge in [-0.25, -0.2) is 0 Å². The number of rotatable bonds is 10. The highest BCUT2D eigenvalue weighted by Crippen LogP contribution is 2.45. The van der Waals surface area contributed by atoms with Crippen LogP contribution in [-0.4, -0.2) is 62.8 Å². The molecule has 2 aromatic carbocycles. The van der Waals surface area contributed by atoms with Crippen LogP contribution in [0.15, 0.2) is 42.0 Å². The summed E-state index contributed by atoms with van der Waals surface area (Å²) in [5.74, 6) is -0.223. The summed E-state index contributed by atoms with van der Waals surface area (Å²) in [6.07, 6.45) is 0.870. The van der Waals surface area contributed by atoms with Crippen LogP contribution in [0.1, 0.15) is 36.1 Å². The van der Waals surface area contributed by atoms with Gasteiger partial charge < -0.3 is 29.0 Å². The first kappa shape index (κ1) is 25.1. The van der Waals surface area contributed by atoms with Crippen LogP contribution in [0.5, 0.6) is 17.2 Å². The Morgan fingerprint density at radius 2 is 1.79 bits per heavy atom. The second-order valence-electron chi connectivity index (χ2n) is 7.90. The zero-order chi connectivity index (χ0) is 24.8. The van der Waals surface area contributed by atoms with E-state index in [1.165, 1.54) is 26.2 Å². The summed E-state index contributed by atoms with van der Waals surface area (Å²) >= 11 is 0. The molecular formula is C26H31NO7. The number of ketones is 1. The maximum absolute atomic E-state index is 13.2. The number of aryl methyl sites for hydroxylation is 1. The van der Waals surface area contributed by atoms with Crippen LogP contribution < -0.4 is 14.2 Å². The third-order valence-electron chi connectivity index (χ3n) is 5.71. The van der Waals surface area contributed by atoms with Gasteiger partial charge in [0.25, 0.3) is 11.7 Å². The second kappa shape index (κ2) is 11.1. The highest BCUT2D eigenvalue weighted by Gasteiger charge is 2.47. The molecule has 1 fully saturated rings. The largest absolute Gasteiger partial charge is 0.507 e. The molecule has 1 heterocycles. The number of para-hydroxylation sites is 1. The first-order chi connectivity index (χ1) is 16.4. The van der Waals surface area contributed by atoms with Crippen LogP contribution in [0.25, 0.3) is 5.76 Å². The molecule has 0 aromatic heterocycles. The lowest BCUT2D eigenvalue weighted by Crippen LogP contribution is -2.32. The highest BCUT2D eigenvalue weighted by molar-refractivity contribution is 6.46. The third kappa shape index (κ3) is 4.72. The second-order valence-corrected chi connectivity index (χ2v) is 7.90. The SMILES string of the molecule is CCCOc1ccc(/C(O)=C2\C(=O)C(=O)N(CCOC)C2c2cccc(OC)c2OC)cc1C. The lowest BCUT2D eigenvalue weighted by atomic mass is 9.94. The Labute approximate surface area is 199 Å². The molecule has 0 spiro atoms. The predicted octanol–water partition coefficient (Wildman–Crippen LogP) is 3.87. The van der Waals surface area contributed by atoms with Crippen LogP contribution >= 0.6 is 0 Å². The first-order valence-corrected chi connectivity index (χ1v) is 11.1. The van der Waals surface area contributed by atoms with E-state index in [0.29, 0.717) is 35.0 Å². The van der Waals surface area contributed by atoms with E-state index in [2.05, 4.69) is 0 Å². The summed E-state index contributed by atoms with van der Waals surface area (Å²) in [5.41, 5.74) is 1.73. The van der Waals surface area contributed by atoms with E-state index in [4.69, 9.17) is 18.9 Å². The van der Waals surface area contributed by atoms with Crippen LogP contribution in [0.4, 0.5) is 0 Å². The molecule has 0 aliphatic carbocycles. The molecule has 3 rings (SSSR count). The van der Waals surface area contributed by atoms with Crippen LogP contribution in [0.2, 0.25) is 0 Å². The van der Waals surface area contributed by atoms with E-state index in [-0.39, 0.29) is 24.5 Å². The fourth-order valence-corrected chi connectivity index (χ4v) is 4.08. The van der Waals surface area contributed by atoms with Crippen molar-refractivity contribution in [3.8, 4) is 17.2 Å². The minimum Gasteiger partial charge on any atom is -0.507 e. The molecule has 1 N–H and O–H groups in total. The van der Waals surface area contributed by atoms with E-state index in [1.807, 2.05) is 13.8 Å². The number of hydrogen-bond acceptors (Lipinski definition) is 7. The molecule has 0 saturated carbocycles. The average molecular weight is 470 g/mol. The van der Waals surface area contributed by atoms with E-state index >= 15 is 0 Å². The van der Waals surface area contributed by atoms with Crippen LogP contribution in [-0.2, 0) is 14.3 Å². The summed E-state index contributed by atoms with van der Waals surface area (Å²) in [5, 5.41) is 11.3. The van der Waals surface area contributed by atoms with E-state index in [9.17, 15) is 14.7 Å². The van der Waals surface area contributed by atoms with Gasteiger partial charge in [0.05, 0.1) is 39.0 Å². The molecule has 1 amide bonds. The van der Waals surface area contributed by atoms with Gasteiger partial charge in [-0.2, -0.15) is 0 Å². The molecule has 1 saturated heterocycles. The number of methoxy groups -OCH3 is 3. The van der Waals surface area contributed by atoms with E-state index in [0.717, 1.165) is 12.0 Å². The van der Waals surface area contributed by atoms with Crippen molar-refractivity contribution in [1.29, 1.82) is 0 Å². The van der Waals surface area contributed by atoms with Crippen molar-refractivity contribution in [3.63, 3.8) is 0 Å². The molecule has 1 atom stereocenters. The number of carbonyl (C=O) groups is 2. The predicted molar refractivity (Wildman–Crippen MR) is 127 cm³/mol. The molecule has 1 aliphatic rings. The monoisotopic (exact) mass is 469 g/mol. The Balaban J connectivity index is 2.19. The van der Waals surface area contributed by atoms with E-state index < -0.39 is 17.7 Å². The number of likely N-dealkylation sites (tertiary alicyclic amines) is 1. The Kier molecular flexibility index (Phi) is 8.17. The number of benzene rings is 2. The molecule has 0 radical (unpaired) electrons. The number of amides is 1. The Morgan fingerprint density at radius 1 is 1.03 bits per heavy atom. The molecule has 1 aliphatic heterocycles. The minimum absolute atomic E-state index is 0.0192. The summed E-state index contributed by atoms with van der Waals surface area (Å²) in [6, 6.07) is 9.51. The normalized spacial score (nSPS) is 17.2. The van der Waals surface area contributed by atoms with Gasteiger partial charge in [-0.1, -0.05) is 19.1 Å². The zero-order valence-corrected chi connectivity index (χ0v) is 20.2. The van der Waals surface area contributed by atoms with E-state index in [1.54, 1.807) is 36.4 Å². The van der Waals surface area contributed by atoms with Crippen molar-refractivity contribution in [2.45, 2.75) is 26.3 Å². The van der Waals surface area contributed by atoms with Crippen molar-refractivity contribution >= 4 is 17.4 Å². The molecule has 2 aromatic rings. The Bertz CT molecular complexity index is 1090. The number of nitrogens with zero attached hydrogens (tertiary/aromatic N) is 1. The van der Waals surface area contributed by atoms with Gasteiger partial charge in [0.2, 0.25) is 0 Å². The molecule has 182 valence electrons. The van der Waals surface area contributed by atoms with Crippen molar-refractivity contribution in [2.75, 3.05) is 41.1 Å². The minimum atomic E-state index is -0.878. The number of carbonyl (C=O) groups excluding carboxylic acids is 2. The topological polar surface area (TPSA) is 94.5 Å². The maximum Gasteiger partial charge on any atom is 0.295 e. The van der Waals surface area contributed by atoms with Crippen molar-refractivity contribution < 1.29 is 33.6 Å². The van der Waals surface area contributed by atoms with Crippen molar-refractivity contribution in [3.05, 3.63) is 58.7 Å². The fraction of sp³-hybridized carbons (Fsp3) is 0.385. The number of Topliss-reactive ketones (excluding diaryl/α,β-unsaturated/α-hetero) is 1. The Morgan fingerprint density at radius 3 is 2.41 bits per heavy atom. The third-order valence-corrected chi connectivity index (χ3v) is 5.71. The van der Waals surface area contributed by atoms with Gasteiger partial charge in [0, 0.05) is 24.8 Å². The van der Waals surface area contributed by atoms with Gasteiger partial charge in [-0.15, -0.1) is 0 Å². The van der Waals surface area contributed by atoms with Gasteiger partial charge in [-0.3, -0.25) is 9.59 Å². The molecular weight excluding hydrogens is 438 g/mol. The summed E-state index contributed by atoms with van der Waals surface area (Å²) < 4.78 is 21.9. The lowest BCUT2D eigenvalue weighted by molar-refractivity contribution is -0.140. The lowest BCUT2D eigenvalue weighted by Gasteiger charge is -2.27. The van der Waals surface area contributed by atoms with Gasteiger partial charge >= 0.3 is 0 Å². The maximum atomic E-state index is 13.2. The molecule has 8 nitrogen and oxygen atoms in total. The fourth-order valence-electron chi connectivity index (χ4n) is 4.08. The average Bonchev–Trinajstić information content (AvgIpc) is 3.10. The standard InChI is InChI=1S/C26H31NO7/c1-6-13-34-19-11-10-17(15-16(19)2)23(28)21-22(27(12-14-31-3)26(30)24(21)29)18-8-7-9-20(32-4)25(18)33-5/h7-11,15,22,28H,6,12-14H2,1-5H3/b23-21+. The molecule has 0 bridgehead atoms. The van der Waals surface area contributed by atoms with Gasteiger partial charge in [-0.05, 0) is 43.2 Å². The zero-order valence-electron chi connectivity index (χ0n) is 20.2. The van der Waals surface area contributed by atoms with Crippen LogP contribution in [0, 0.1) is 6.92 Å². The van der Waals surface area contributed by atoms with Gasteiger partial charge in [0.1, 0.15) is 11.5 Å². The van der Waals surface area contributed by atoms with Crippen LogP contribution in [0.3, 0.4) is 0 Å². The molecule has 34 heavy (non-hydrogen) atoms. The summed E-state index contributed by atoms with van der Waals surface area (Å²) in [4.78, 5) is 27.6. The molecule has 8 heteroatoms. The summed E-state index contributed by atoms with van der Waals surface area (Å²) in [7, 11) is 4.51. The number of aliphatic hydroxyl groups is 1. The summed E-state index contributed by atoms with van der Waals surface area (Å²) in [6.45, 7) is 4.84. The molecule has 1 unspecified atom stereocenters. The smallest absolute Gasteiger partial charge is 0.295 e. The van der Waals surface area contributed by atoms with Gasteiger partial charge in [0.15, 0.2) is 11.5 Å². The van der Waals surface area contributed by atoms with Crippen molar-refractivity contribution in [2.24, 2.45) is 0 Å².